The monoisotopic (exact) mass is 430 g/mol. The Labute approximate surface area is 182 Å². The number of nitrogens with zero attached hydrogens (tertiary/aromatic N) is 4. The van der Waals surface area contributed by atoms with Gasteiger partial charge in [-0.15, -0.1) is 16.4 Å². The van der Waals surface area contributed by atoms with Gasteiger partial charge >= 0.3 is 6.01 Å². The molecule has 0 amide bonds. The standard InChI is InChI=1S/C23H18N4O3S/c1-28-19-11-6-5-10-18(19)27-21(20-12-7-13-31-20)25-26-23(27)30-15-17-14-29-22(24-17)16-8-3-2-4-9-16/h2-14H,15H2,1H3. The van der Waals surface area contributed by atoms with E-state index >= 15 is 0 Å². The Morgan fingerprint density at radius 3 is 2.61 bits per heavy atom. The highest BCUT2D eigenvalue weighted by atomic mass is 32.1. The van der Waals surface area contributed by atoms with Gasteiger partial charge in [0.1, 0.15) is 24.3 Å². The minimum atomic E-state index is 0.189. The van der Waals surface area contributed by atoms with E-state index in [9.17, 15) is 0 Å². The summed E-state index contributed by atoms with van der Waals surface area (Å²) in [6, 6.07) is 21.7. The molecule has 0 aliphatic heterocycles. The summed E-state index contributed by atoms with van der Waals surface area (Å²) in [5.74, 6) is 1.92. The maximum atomic E-state index is 6.02. The molecule has 0 unspecified atom stereocenters. The third-order valence-electron chi connectivity index (χ3n) is 4.62. The number of aromatic nitrogens is 4. The molecule has 0 fully saturated rings. The molecule has 31 heavy (non-hydrogen) atoms. The van der Waals surface area contributed by atoms with Gasteiger partial charge in [-0.05, 0) is 35.7 Å². The summed E-state index contributed by atoms with van der Waals surface area (Å²) >= 11 is 1.58. The van der Waals surface area contributed by atoms with Gasteiger partial charge in [-0.2, -0.15) is 0 Å². The second-order valence-electron chi connectivity index (χ2n) is 6.59. The molecule has 0 aliphatic rings. The third kappa shape index (κ3) is 3.80. The fourth-order valence-electron chi connectivity index (χ4n) is 3.19. The van der Waals surface area contributed by atoms with Gasteiger partial charge in [0.05, 0.1) is 17.7 Å². The van der Waals surface area contributed by atoms with Crippen LogP contribution in [0, 0.1) is 0 Å². The van der Waals surface area contributed by atoms with E-state index in [1.54, 1.807) is 24.7 Å². The van der Waals surface area contributed by atoms with Crippen molar-refractivity contribution >= 4 is 11.3 Å². The predicted octanol–water partition coefficient (Wildman–Crippen LogP) is 5.24. The lowest BCUT2D eigenvalue weighted by Crippen LogP contribution is -2.05. The summed E-state index contributed by atoms with van der Waals surface area (Å²) < 4.78 is 19.0. The summed E-state index contributed by atoms with van der Waals surface area (Å²) in [6.07, 6.45) is 1.59. The average Bonchev–Trinajstić information content (AvgIpc) is 3.59. The van der Waals surface area contributed by atoms with Crippen LogP contribution in [0.5, 0.6) is 11.8 Å². The van der Waals surface area contributed by atoms with Gasteiger partial charge in [-0.3, -0.25) is 0 Å². The molecule has 154 valence electrons. The Hall–Kier alpha value is -3.91. The molecule has 8 heteroatoms. The van der Waals surface area contributed by atoms with Gasteiger partial charge in [-0.1, -0.05) is 41.5 Å². The van der Waals surface area contributed by atoms with Crippen molar-refractivity contribution in [2.75, 3.05) is 7.11 Å². The largest absolute Gasteiger partial charge is 0.495 e. The summed E-state index contributed by atoms with van der Waals surface area (Å²) in [4.78, 5) is 5.49. The van der Waals surface area contributed by atoms with Gasteiger partial charge < -0.3 is 13.9 Å². The minimum absolute atomic E-state index is 0.189. The highest BCUT2D eigenvalue weighted by molar-refractivity contribution is 7.13. The number of ether oxygens (including phenoxy) is 2. The summed E-state index contributed by atoms with van der Waals surface area (Å²) in [6.45, 7) is 0.189. The number of para-hydroxylation sites is 2. The molecular formula is C23H18N4O3S. The zero-order valence-corrected chi connectivity index (χ0v) is 17.5. The maximum absolute atomic E-state index is 6.02. The first-order valence-corrected chi connectivity index (χ1v) is 10.5. The number of methoxy groups -OCH3 is 1. The van der Waals surface area contributed by atoms with E-state index < -0.39 is 0 Å². The lowest BCUT2D eigenvalue weighted by molar-refractivity contribution is 0.270. The summed E-state index contributed by atoms with van der Waals surface area (Å²) in [5, 5.41) is 10.7. The molecule has 0 atom stereocenters. The van der Waals surface area contributed by atoms with Gasteiger partial charge in [0.2, 0.25) is 5.89 Å². The van der Waals surface area contributed by atoms with Crippen LogP contribution >= 0.6 is 11.3 Å². The number of rotatable bonds is 7. The van der Waals surface area contributed by atoms with Crippen LogP contribution in [0.1, 0.15) is 5.69 Å². The molecule has 0 radical (unpaired) electrons. The smallest absolute Gasteiger partial charge is 0.322 e. The normalized spacial score (nSPS) is 10.9. The van der Waals surface area contributed by atoms with Crippen molar-refractivity contribution in [3.63, 3.8) is 0 Å². The Bertz CT molecular complexity index is 1280. The molecule has 0 N–H and O–H groups in total. The summed E-state index contributed by atoms with van der Waals surface area (Å²) in [5.41, 5.74) is 2.36. The lowest BCUT2D eigenvalue weighted by Gasteiger charge is -2.13. The van der Waals surface area contributed by atoms with E-state index in [1.165, 1.54) is 0 Å². The highest BCUT2D eigenvalue weighted by Crippen LogP contribution is 2.33. The van der Waals surface area contributed by atoms with Crippen molar-refractivity contribution in [3.8, 4) is 39.6 Å². The molecule has 0 aliphatic carbocycles. The molecule has 3 aromatic heterocycles. The highest BCUT2D eigenvalue weighted by Gasteiger charge is 2.20. The maximum Gasteiger partial charge on any atom is 0.322 e. The van der Waals surface area contributed by atoms with Crippen LogP contribution in [0.3, 0.4) is 0 Å². The number of oxazole rings is 1. The molecule has 3 heterocycles. The van der Waals surface area contributed by atoms with Crippen LogP contribution in [-0.4, -0.2) is 26.9 Å². The van der Waals surface area contributed by atoms with Crippen molar-refractivity contribution < 1.29 is 13.9 Å². The Morgan fingerprint density at radius 2 is 1.81 bits per heavy atom. The Morgan fingerprint density at radius 1 is 0.968 bits per heavy atom. The Balaban J connectivity index is 1.47. The first-order chi connectivity index (χ1) is 15.3. The van der Waals surface area contributed by atoms with Gasteiger partial charge in [0.15, 0.2) is 5.82 Å². The van der Waals surface area contributed by atoms with E-state index in [-0.39, 0.29) is 6.61 Å². The SMILES string of the molecule is COc1ccccc1-n1c(OCc2coc(-c3ccccc3)n2)nnc1-c1cccs1. The first kappa shape index (κ1) is 19.1. The molecule has 5 rings (SSSR count). The topological polar surface area (TPSA) is 75.2 Å². The number of hydrogen-bond donors (Lipinski definition) is 0. The zero-order valence-electron chi connectivity index (χ0n) is 16.6. The van der Waals surface area contributed by atoms with E-state index in [2.05, 4.69) is 15.2 Å². The van der Waals surface area contributed by atoms with Gasteiger partial charge in [0, 0.05) is 5.56 Å². The minimum Gasteiger partial charge on any atom is -0.495 e. The van der Waals surface area contributed by atoms with E-state index in [4.69, 9.17) is 13.9 Å². The molecule has 5 aromatic rings. The van der Waals surface area contributed by atoms with Crippen LogP contribution in [-0.2, 0) is 6.61 Å². The molecular weight excluding hydrogens is 412 g/mol. The molecule has 0 saturated heterocycles. The van der Waals surface area contributed by atoms with Crippen LogP contribution in [0.15, 0.2) is 82.8 Å². The first-order valence-electron chi connectivity index (χ1n) is 9.59. The Kier molecular flexibility index (Phi) is 5.20. The van der Waals surface area contributed by atoms with Crippen LogP contribution in [0.25, 0.3) is 27.8 Å². The number of thiophene rings is 1. The summed E-state index contributed by atoms with van der Waals surface area (Å²) in [7, 11) is 1.63. The van der Waals surface area contributed by atoms with E-state index in [1.807, 2.05) is 76.7 Å². The average molecular weight is 430 g/mol. The van der Waals surface area contributed by atoms with Crippen molar-refractivity contribution in [1.29, 1.82) is 0 Å². The van der Waals surface area contributed by atoms with Crippen LogP contribution in [0.2, 0.25) is 0 Å². The predicted molar refractivity (Wildman–Crippen MR) is 117 cm³/mol. The van der Waals surface area contributed by atoms with Crippen LogP contribution < -0.4 is 9.47 Å². The second kappa shape index (κ2) is 8.45. The van der Waals surface area contributed by atoms with E-state index in [0.29, 0.717) is 29.2 Å². The molecule has 0 saturated carbocycles. The van der Waals surface area contributed by atoms with Crippen molar-refractivity contribution in [3.05, 3.63) is 84.1 Å². The molecule has 0 bridgehead atoms. The molecule has 0 spiro atoms. The van der Waals surface area contributed by atoms with Crippen molar-refractivity contribution in [2.45, 2.75) is 6.61 Å². The van der Waals surface area contributed by atoms with Crippen molar-refractivity contribution in [2.24, 2.45) is 0 Å². The van der Waals surface area contributed by atoms with E-state index in [0.717, 1.165) is 16.1 Å². The lowest BCUT2D eigenvalue weighted by atomic mass is 10.2. The third-order valence-corrected chi connectivity index (χ3v) is 5.49. The fraction of sp³-hybridized carbons (Fsp3) is 0.0870. The molecule has 2 aromatic carbocycles. The zero-order chi connectivity index (χ0) is 21.0. The fourth-order valence-corrected chi connectivity index (χ4v) is 3.88. The quantitative estimate of drug-likeness (QED) is 0.352. The van der Waals surface area contributed by atoms with Gasteiger partial charge in [0.25, 0.3) is 0 Å². The van der Waals surface area contributed by atoms with Crippen molar-refractivity contribution in [1.82, 2.24) is 19.7 Å². The number of benzene rings is 2. The second-order valence-corrected chi connectivity index (χ2v) is 7.54. The van der Waals surface area contributed by atoms with Crippen LogP contribution in [0.4, 0.5) is 0 Å². The number of hydrogen-bond acceptors (Lipinski definition) is 7. The van der Waals surface area contributed by atoms with Gasteiger partial charge in [-0.25, -0.2) is 9.55 Å². The molecule has 7 nitrogen and oxygen atoms in total.